The summed E-state index contributed by atoms with van der Waals surface area (Å²) in [5.41, 5.74) is 0.355. The largest absolute Gasteiger partial charge is 0.458 e. The maximum Gasteiger partial charge on any atom is 0.337 e. The van der Waals surface area contributed by atoms with Gasteiger partial charge < -0.3 is 4.74 Å². The van der Waals surface area contributed by atoms with Gasteiger partial charge >= 0.3 is 5.97 Å². The van der Waals surface area contributed by atoms with Crippen LogP contribution in [0.3, 0.4) is 0 Å². The molecule has 1 atom stereocenters. The van der Waals surface area contributed by atoms with Gasteiger partial charge in [-0.05, 0) is 69.9 Å². The van der Waals surface area contributed by atoms with Crippen molar-refractivity contribution in [2.45, 2.75) is 56.6 Å². The van der Waals surface area contributed by atoms with Gasteiger partial charge in [-0.25, -0.2) is 4.79 Å². The van der Waals surface area contributed by atoms with Crippen molar-refractivity contribution in [3.63, 3.8) is 0 Å². The third-order valence-electron chi connectivity index (χ3n) is 3.79. The molecule has 0 radical (unpaired) electrons. The molecule has 0 saturated carbocycles. The lowest BCUT2D eigenvalue weighted by Crippen LogP contribution is -2.35. The van der Waals surface area contributed by atoms with E-state index in [1.54, 1.807) is 20.8 Å². The van der Waals surface area contributed by atoms with E-state index >= 15 is 0 Å². The molecule has 0 aliphatic rings. The van der Waals surface area contributed by atoms with Gasteiger partial charge in [0.25, 0.3) is 10.1 Å². The molecule has 5 nitrogen and oxygen atoms in total. The number of halogens is 1. The summed E-state index contributed by atoms with van der Waals surface area (Å²) in [7, 11) is -4.13. The van der Waals surface area contributed by atoms with Crippen LogP contribution in [-0.2, 0) is 30.3 Å². The molecule has 2 aromatic rings. The zero-order chi connectivity index (χ0) is 20.8. The first-order valence-corrected chi connectivity index (χ1v) is 10.8. The Morgan fingerprint density at radius 3 is 2.21 bits per heavy atom. The Hall–Kier alpha value is -1.89. The maximum atomic E-state index is 12.6. The van der Waals surface area contributed by atoms with Crippen LogP contribution < -0.4 is 0 Å². The quantitative estimate of drug-likeness (QED) is 0.450. The molecule has 7 heteroatoms. The summed E-state index contributed by atoms with van der Waals surface area (Å²) in [5, 5.41) is 0.408. The van der Waals surface area contributed by atoms with Crippen LogP contribution in [0.4, 0.5) is 0 Å². The number of benzene rings is 2. The van der Waals surface area contributed by atoms with E-state index in [-0.39, 0.29) is 11.3 Å². The Kier molecular flexibility index (Phi) is 7.63. The third-order valence-corrected chi connectivity index (χ3v) is 5.38. The molecule has 0 heterocycles. The van der Waals surface area contributed by atoms with Crippen molar-refractivity contribution >= 4 is 27.7 Å². The van der Waals surface area contributed by atoms with Crippen molar-refractivity contribution in [1.29, 1.82) is 0 Å². The highest BCUT2D eigenvalue weighted by Crippen LogP contribution is 2.21. The molecule has 0 aromatic heterocycles. The first-order chi connectivity index (χ1) is 13.1. The fraction of sp³-hybridized carbons (Fsp3) is 0.381. The average Bonchev–Trinajstić information content (AvgIpc) is 2.60. The van der Waals surface area contributed by atoms with Crippen LogP contribution in [0.25, 0.3) is 0 Å². The van der Waals surface area contributed by atoms with Gasteiger partial charge in [-0.1, -0.05) is 41.9 Å². The number of ether oxygens (including phenoxy) is 1. The second kappa shape index (κ2) is 9.54. The van der Waals surface area contributed by atoms with E-state index in [1.807, 2.05) is 30.3 Å². The number of hydrogen-bond acceptors (Lipinski definition) is 5. The maximum absolute atomic E-state index is 12.6. The minimum absolute atomic E-state index is 0.0616. The highest BCUT2D eigenvalue weighted by molar-refractivity contribution is 7.86. The molecule has 0 bridgehead atoms. The molecule has 0 saturated heterocycles. The SMILES string of the molecule is CC(C)(C)OC(=O)[C@@H](CCCc1ccccc1)OS(=O)(=O)c1ccc(Cl)cc1. The van der Waals surface area contributed by atoms with Gasteiger partial charge in [0.15, 0.2) is 6.10 Å². The molecule has 28 heavy (non-hydrogen) atoms. The number of hydrogen-bond donors (Lipinski definition) is 0. The minimum atomic E-state index is -4.13. The first-order valence-electron chi connectivity index (χ1n) is 9.02. The van der Waals surface area contributed by atoms with Gasteiger partial charge in [0, 0.05) is 5.02 Å². The molecule has 0 N–H and O–H groups in total. The normalized spacial score (nSPS) is 13.1. The summed E-state index contributed by atoms with van der Waals surface area (Å²) in [6.07, 6.45) is 0.272. The zero-order valence-corrected chi connectivity index (χ0v) is 17.8. The molecule has 2 aromatic carbocycles. The van der Waals surface area contributed by atoms with E-state index in [0.29, 0.717) is 17.9 Å². The van der Waals surface area contributed by atoms with E-state index in [4.69, 9.17) is 20.5 Å². The van der Waals surface area contributed by atoms with E-state index < -0.39 is 27.8 Å². The standard InChI is InChI=1S/C21H25ClO5S/c1-21(2,3)26-20(23)19(11-7-10-16-8-5-4-6-9-16)27-28(24,25)18-14-12-17(22)13-15-18/h4-6,8-9,12-15,19H,7,10-11H2,1-3H3/t19-/m1/s1. The van der Waals surface area contributed by atoms with Crippen LogP contribution in [0.15, 0.2) is 59.5 Å². The van der Waals surface area contributed by atoms with Crippen molar-refractivity contribution in [3.8, 4) is 0 Å². The Morgan fingerprint density at radius 1 is 1.04 bits per heavy atom. The highest BCUT2D eigenvalue weighted by Gasteiger charge is 2.31. The zero-order valence-electron chi connectivity index (χ0n) is 16.2. The Labute approximate surface area is 171 Å². The van der Waals surface area contributed by atoms with Crippen molar-refractivity contribution in [2.24, 2.45) is 0 Å². The summed E-state index contributed by atoms with van der Waals surface area (Å²) < 4.78 is 35.8. The number of esters is 1. The lowest BCUT2D eigenvalue weighted by Gasteiger charge is -2.24. The van der Waals surface area contributed by atoms with Crippen LogP contribution in [-0.4, -0.2) is 26.1 Å². The molecule has 0 aliphatic carbocycles. The van der Waals surface area contributed by atoms with Gasteiger partial charge in [0.05, 0.1) is 4.90 Å². The van der Waals surface area contributed by atoms with E-state index in [2.05, 4.69) is 0 Å². The topological polar surface area (TPSA) is 69.7 Å². The van der Waals surface area contributed by atoms with Crippen molar-refractivity contribution in [3.05, 3.63) is 65.2 Å². The fourth-order valence-electron chi connectivity index (χ4n) is 2.52. The smallest absolute Gasteiger partial charge is 0.337 e. The molecule has 0 spiro atoms. The third kappa shape index (κ3) is 7.26. The van der Waals surface area contributed by atoms with E-state index in [0.717, 1.165) is 5.56 Å². The Balaban J connectivity index is 2.12. The van der Waals surface area contributed by atoms with Gasteiger partial charge in [0.1, 0.15) is 5.60 Å². The molecular weight excluding hydrogens is 400 g/mol. The van der Waals surface area contributed by atoms with Crippen molar-refractivity contribution in [1.82, 2.24) is 0 Å². The van der Waals surface area contributed by atoms with Crippen LogP contribution in [0.5, 0.6) is 0 Å². The fourth-order valence-corrected chi connectivity index (χ4v) is 3.71. The van der Waals surface area contributed by atoms with Crippen LogP contribution in [0.2, 0.25) is 5.02 Å². The van der Waals surface area contributed by atoms with Gasteiger partial charge in [0.2, 0.25) is 0 Å². The average molecular weight is 425 g/mol. The van der Waals surface area contributed by atoms with E-state index in [9.17, 15) is 13.2 Å². The van der Waals surface area contributed by atoms with Crippen LogP contribution in [0.1, 0.15) is 39.2 Å². The highest BCUT2D eigenvalue weighted by atomic mass is 35.5. The van der Waals surface area contributed by atoms with Gasteiger partial charge in [-0.2, -0.15) is 8.42 Å². The molecule has 0 amide bonds. The van der Waals surface area contributed by atoms with Crippen LogP contribution in [0, 0.1) is 0 Å². The predicted molar refractivity (Wildman–Crippen MR) is 109 cm³/mol. The Morgan fingerprint density at radius 2 is 1.64 bits per heavy atom. The molecular formula is C21H25ClO5S. The Bertz CT molecular complexity index is 871. The number of aryl methyl sites for hydroxylation is 1. The predicted octanol–water partition coefficient (Wildman–Crippen LogP) is 4.78. The van der Waals surface area contributed by atoms with Crippen molar-refractivity contribution < 1.29 is 22.1 Å². The summed E-state index contributed by atoms with van der Waals surface area (Å²) in [6.45, 7) is 5.17. The molecule has 2 rings (SSSR count). The lowest BCUT2D eigenvalue weighted by molar-refractivity contribution is -0.163. The second-order valence-corrected chi connectivity index (χ2v) is 9.41. The number of rotatable bonds is 8. The van der Waals surface area contributed by atoms with Crippen molar-refractivity contribution in [2.75, 3.05) is 0 Å². The second-order valence-electron chi connectivity index (χ2n) is 7.40. The summed E-state index contributed by atoms with van der Waals surface area (Å²) in [5.74, 6) is -0.696. The lowest BCUT2D eigenvalue weighted by atomic mass is 10.1. The molecule has 0 fully saturated rings. The molecule has 0 unspecified atom stereocenters. The minimum Gasteiger partial charge on any atom is -0.458 e. The number of carbonyl (C=O) groups excluding carboxylic acids is 1. The van der Waals surface area contributed by atoms with Crippen LogP contribution >= 0.6 is 11.6 Å². The van der Waals surface area contributed by atoms with Gasteiger partial charge in [-0.15, -0.1) is 0 Å². The first kappa shape index (κ1) is 22.4. The monoisotopic (exact) mass is 424 g/mol. The summed E-state index contributed by atoms with van der Waals surface area (Å²) >= 11 is 5.81. The molecule has 152 valence electrons. The number of carbonyl (C=O) groups is 1. The molecule has 0 aliphatic heterocycles. The summed E-state index contributed by atoms with van der Waals surface area (Å²) in [6, 6.07) is 15.3. The summed E-state index contributed by atoms with van der Waals surface area (Å²) in [4.78, 5) is 12.5. The van der Waals surface area contributed by atoms with E-state index in [1.165, 1.54) is 24.3 Å². The van der Waals surface area contributed by atoms with Gasteiger partial charge in [-0.3, -0.25) is 4.18 Å².